The highest BCUT2D eigenvalue weighted by molar-refractivity contribution is 5.96. The number of hydrogen-bond acceptors (Lipinski definition) is 4. The Kier molecular flexibility index (Phi) is 6.36. The van der Waals surface area contributed by atoms with Crippen LogP contribution in [0.2, 0.25) is 0 Å². The fourth-order valence-corrected chi connectivity index (χ4v) is 1.77. The fourth-order valence-electron chi connectivity index (χ4n) is 1.77. The van der Waals surface area contributed by atoms with E-state index >= 15 is 0 Å². The number of rotatable bonds is 8. The summed E-state index contributed by atoms with van der Waals surface area (Å²) in [5, 5.41) is 0. The lowest BCUT2D eigenvalue weighted by molar-refractivity contribution is 0.0973. The zero-order valence-corrected chi connectivity index (χ0v) is 11.2. The Hall–Kier alpha value is -1.42. The molecule has 100 valence electrons. The van der Waals surface area contributed by atoms with Gasteiger partial charge in [-0.25, -0.2) is 0 Å². The Bertz CT molecular complexity index is 380. The van der Waals surface area contributed by atoms with Crippen LogP contribution in [0.15, 0.2) is 18.5 Å². The minimum atomic E-state index is 0.118. The van der Waals surface area contributed by atoms with E-state index in [4.69, 9.17) is 10.5 Å². The van der Waals surface area contributed by atoms with Gasteiger partial charge in [0, 0.05) is 18.2 Å². The van der Waals surface area contributed by atoms with E-state index in [0.29, 0.717) is 36.8 Å². The number of carbonyl (C=O) groups excluding carboxylic acids is 1. The Labute approximate surface area is 109 Å². The second kappa shape index (κ2) is 7.82. The molecular formula is C14H22N2O2. The second-order valence-electron chi connectivity index (χ2n) is 4.49. The number of Topliss-reactive ketones (excluding diaryl/α,β-unsaturated/α-hetero) is 1. The summed E-state index contributed by atoms with van der Waals surface area (Å²) in [6, 6.07) is 1.76. The molecule has 0 spiro atoms. The third-order valence-corrected chi connectivity index (χ3v) is 2.87. The topological polar surface area (TPSA) is 65.2 Å². The minimum Gasteiger partial charge on any atom is -0.492 e. The van der Waals surface area contributed by atoms with Gasteiger partial charge in [-0.2, -0.15) is 0 Å². The molecule has 0 aromatic carbocycles. The molecule has 1 aromatic rings. The van der Waals surface area contributed by atoms with Crippen molar-refractivity contribution in [1.29, 1.82) is 0 Å². The molecule has 0 saturated carbocycles. The fraction of sp³-hybridized carbons (Fsp3) is 0.571. The number of nitrogens with two attached hydrogens (primary N) is 1. The average molecular weight is 250 g/mol. The van der Waals surface area contributed by atoms with Crippen LogP contribution in [-0.2, 0) is 0 Å². The molecule has 0 aliphatic rings. The summed E-state index contributed by atoms with van der Waals surface area (Å²) in [5.41, 5.74) is 6.11. The first kappa shape index (κ1) is 14.6. The Morgan fingerprint density at radius 3 is 2.89 bits per heavy atom. The summed E-state index contributed by atoms with van der Waals surface area (Å²) < 4.78 is 5.33. The van der Waals surface area contributed by atoms with Gasteiger partial charge in [-0.05, 0) is 38.3 Å². The molecule has 0 saturated heterocycles. The number of ketones is 1. The highest BCUT2D eigenvalue weighted by Gasteiger charge is 2.10. The van der Waals surface area contributed by atoms with E-state index in [2.05, 4.69) is 11.9 Å². The zero-order valence-electron chi connectivity index (χ0n) is 11.2. The molecule has 2 N–H and O–H groups in total. The first-order valence-electron chi connectivity index (χ1n) is 6.48. The Balaban J connectivity index is 2.53. The van der Waals surface area contributed by atoms with Crippen LogP contribution in [0, 0.1) is 5.92 Å². The molecule has 0 bridgehead atoms. The zero-order chi connectivity index (χ0) is 13.4. The van der Waals surface area contributed by atoms with Crippen molar-refractivity contribution in [3.8, 4) is 5.75 Å². The van der Waals surface area contributed by atoms with Gasteiger partial charge >= 0.3 is 0 Å². The van der Waals surface area contributed by atoms with E-state index < -0.39 is 0 Å². The van der Waals surface area contributed by atoms with Gasteiger partial charge in [-0.1, -0.05) is 6.92 Å². The van der Waals surface area contributed by atoms with Crippen LogP contribution in [0.25, 0.3) is 0 Å². The van der Waals surface area contributed by atoms with Gasteiger partial charge in [0.15, 0.2) is 5.78 Å². The quantitative estimate of drug-likeness (QED) is 0.720. The number of hydrogen-bond donors (Lipinski definition) is 1. The number of nitrogens with zero attached hydrogens (tertiary/aromatic N) is 1. The molecule has 1 heterocycles. The van der Waals surface area contributed by atoms with Crippen LogP contribution in [0.1, 0.15) is 43.5 Å². The molecular weight excluding hydrogens is 228 g/mol. The molecule has 1 rings (SSSR count). The highest BCUT2D eigenvalue weighted by Crippen LogP contribution is 2.16. The molecule has 0 radical (unpaired) electrons. The van der Waals surface area contributed by atoms with E-state index in [0.717, 1.165) is 12.8 Å². The van der Waals surface area contributed by atoms with Gasteiger partial charge in [-0.3, -0.25) is 9.78 Å². The van der Waals surface area contributed by atoms with Gasteiger partial charge in [0.2, 0.25) is 0 Å². The lowest BCUT2D eigenvalue weighted by atomic mass is 9.98. The van der Waals surface area contributed by atoms with E-state index in [9.17, 15) is 4.79 Å². The lowest BCUT2D eigenvalue weighted by Gasteiger charge is -2.09. The van der Waals surface area contributed by atoms with Crippen molar-refractivity contribution < 1.29 is 9.53 Å². The van der Waals surface area contributed by atoms with Crippen molar-refractivity contribution in [3.05, 3.63) is 24.0 Å². The number of carbonyl (C=O) groups is 1. The molecule has 0 aliphatic carbocycles. The van der Waals surface area contributed by atoms with Crippen LogP contribution >= 0.6 is 0 Å². The average Bonchev–Trinajstić information content (AvgIpc) is 2.37. The normalized spacial score (nSPS) is 12.2. The third-order valence-electron chi connectivity index (χ3n) is 2.87. The van der Waals surface area contributed by atoms with Crippen LogP contribution in [0.5, 0.6) is 5.75 Å². The number of ether oxygens (including phenoxy) is 1. The summed E-state index contributed by atoms with van der Waals surface area (Å²) in [4.78, 5) is 16.0. The van der Waals surface area contributed by atoms with Gasteiger partial charge in [0.1, 0.15) is 5.75 Å². The van der Waals surface area contributed by atoms with E-state index in [1.54, 1.807) is 18.5 Å². The van der Waals surface area contributed by atoms with Crippen molar-refractivity contribution in [2.75, 3.05) is 13.2 Å². The molecule has 4 heteroatoms. The predicted octanol–water partition coefficient (Wildman–Crippen LogP) is 2.43. The standard InChI is InChI=1S/C14H22N2O2/c1-3-18-13-8-12(9-16-10-13)14(17)5-4-11(2)6-7-15/h8-11H,3-7,15H2,1-2H3. The maximum Gasteiger partial charge on any atom is 0.164 e. The predicted molar refractivity (Wildman–Crippen MR) is 71.8 cm³/mol. The first-order chi connectivity index (χ1) is 8.67. The Morgan fingerprint density at radius 2 is 2.22 bits per heavy atom. The maximum absolute atomic E-state index is 12.0. The van der Waals surface area contributed by atoms with Crippen molar-refractivity contribution in [2.45, 2.75) is 33.1 Å². The number of pyridine rings is 1. The largest absolute Gasteiger partial charge is 0.492 e. The van der Waals surface area contributed by atoms with Gasteiger partial charge in [0.05, 0.1) is 12.8 Å². The maximum atomic E-state index is 12.0. The van der Waals surface area contributed by atoms with Crippen molar-refractivity contribution in [2.24, 2.45) is 11.7 Å². The SMILES string of the molecule is CCOc1cncc(C(=O)CCC(C)CCN)c1. The van der Waals surface area contributed by atoms with E-state index in [1.165, 1.54) is 0 Å². The summed E-state index contributed by atoms with van der Waals surface area (Å²) in [6.07, 6.45) is 5.59. The molecule has 1 aromatic heterocycles. The summed E-state index contributed by atoms with van der Waals surface area (Å²) in [6.45, 7) is 5.28. The first-order valence-corrected chi connectivity index (χ1v) is 6.48. The van der Waals surface area contributed by atoms with Crippen LogP contribution in [0.4, 0.5) is 0 Å². The third kappa shape index (κ3) is 4.84. The molecule has 18 heavy (non-hydrogen) atoms. The van der Waals surface area contributed by atoms with Crippen LogP contribution in [0.3, 0.4) is 0 Å². The van der Waals surface area contributed by atoms with Gasteiger partial charge in [0.25, 0.3) is 0 Å². The summed E-state index contributed by atoms with van der Waals surface area (Å²) in [7, 11) is 0. The molecule has 4 nitrogen and oxygen atoms in total. The van der Waals surface area contributed by atoms with Crippen LogP contribution in [-0.4, -0.2) is 23.9 Å². The molecule has 0 aliphatic heterocycles. The molecule has 1 atom stereocenters. The van der Waals surface area contributed by atoms with Crippen molar-refractivity contribution >= 4 is 5.78 Å². The van der Waals surface area contributed by atoms with E-state index in [1.807, 2.05) is 6.92 Å². The highest BCUT2D eigenvalue weighted by atomic mass is 16.5. The number of aromatic nitrogens is 1. The van der Waals surface area contributed by atoms with Crippen molar-refractivity contribution in [1.82, 2.24) is 4.98 Å². The molecule has 0 fully saturated rings. The Morgan fingerprint density at radius 1 is 1.44 bits per heavy atom. The smallest absolute Gasteiger partial charge is 0.164 e. The monoisotopic (exact) mass is 250 g/mol. The van der Waals surface area contributed by atoms with E-state index in [-0.39, 0.29) is 5.78 Å². The second-order valence-corrected chi connectivity index (χ2v) is 4.49. The van der Waals surface area contributed by atoms with Crippen LogP contribution < -0.4 is 10.5 Å². The summed E-state index contributed by atoms with van der Waals surface area (Å²) >= 11 is 0. The minimum absolute atomic E-state index is 0.118. The lowest BCUT2D eigenvalue weighted by Crippen LogP contribution is -2.08. The molecule has 1 unspecified atom stereocenters. The molecule has 0 amide bonds. The van der Waals surface area contributed by atoms with Crippen molar-refractivity contribution in [3.63, 3.8) is 0 Å². The van der Waals surface area contributed by atoms with Gasteiger partial charge < -0.3 is 10.5 Å². The summed E-state index contributed by atoms with van der Waals surface area (Å²) in [5.74, 6) is 1.26. The van der Waals surface area contributed by atoms with Gasteiger partial charge in [-0.15, -0.1) is 0 Å².